The molecule has 0 atom stereocenters. The number of aromatic nitrogens is 5. The molecular weight excluding hydrogens is 228 g/mol. The van der Waals surface area contributed by atoms with Gasteiger partial charge >= 0.3 is 0 Å². The van der Waals surface area contributed by atoms with Crippen molar-refractivity contribution in [1.29, 1.82) is 0 Å². The van der Waals surface area contributed by atoms with Gasteiger partial charge in [0, 0.05) is 32.0 Å². The van der Waals surface area contributed by atoms with Crippen LogP contribution >= 0.6 is 0 Å². The van der Waals surface area contributed by atoms with Gasteiger partial charge in [0.15, 0.2) is 0 Å². The molecule has 98 valence electrons. The van der Waals surface area contributed by atoms with E-state index in [4.69, 9.17) is 0 Å². The fourth-order valence-electron chi connectivity index (χ4n) is 1.86. The molecule has 1 N–H and O–H groups in total. The van der Waals surface area contributed by atoms with E-state index in [-0.39, 0.29) is 0 Å². The second-order valence-corrected chi connectivity index (χ2v) is 4.24. The van der Waals surface area contributed by atoms with Crippen LogP contribution in [-0.4, -0.2) is 31.3 Å². The second kappa shape index (κ2) is 6.90. The number of rotatable bonds is 8. The Morgan fingerprint density at radius 1 is 1.28 bits per heavy atom. The van der Waals surface area contributed by atoms with Crippen LogP contribution in [0.1, 0.15) is 25.5 Å². The molecule has 0 saturated heterocycles. The Morgan fingerprint density at radius 3 is 3.00 bits per heavy atom. The molecule has 0 radical (unpaired) electrons. The molecule has 0 bridgehead atoms. The molecule has 0 aromatic carbocycles. The highest BCUT2D eigenvalue weighted by molar-refractivity contribution is 4.99. The fourth-order valence-corrected chi connectivity index (χ4v) is 1.86. The largest absolute Gasteiger partial charge is 0.311 e. The first-order valence-corrected chi connectivity index (χ1v) is 6.45. The first-order valence-electron chi connectivity index (χ1n) is 6.45. The summed E-state index contributed by atoms with van der Waals surface area (Å²) in [5.41, 5.74) is 1.25. The van der Waals surface area contributed by atoms with Crippen molar-refractivity contribution in [3.05, 3.63) is 30.4 Å². The molecule has 6 heteroatoms. The minimum absolute atomic E-state index is 0.872. The Balaban J connectivity index is 1.64. The molecule has 6 nitrogen and oxygen atoms in total. The highest BCUT2D eigenvalue weighted by Crippen LogP contribution is 1.99. The lowest BCUT2D eigenvalue weighted by Gasteiger charge is -2.07. The van der Waals surface area contributed by atoms with Gasteiger partial charge in [-0.2, -0.15) is 5.10 Å². The van der Waals surface area contributed by atoms with Gasteiger partial charge in [0.05, 0.1) is 11.9 Å². The van der Waals surface area contributed by atoms with Crippen molar-refractivity contribution in [2.45, 2.75) is 39.4 Å². The molecular formula is C12H20N6. The number of nitrogens with one attached hydrogen (secondary N) is 1. The minimum atomic E-state index is 0.872. The molecule has 0 aliphatic rings. The van der Waals surface area contributed by atoms with Gasteiger partial charge in [-0.05, 0) is 25.5 Å². The molecule has 0 spiro atoms. The Bertz CT molecular complexity index is 433. The van der Waals surface area contributed by atoms with Crippen LogP contribution in [0.5, 0.6) is 0 Å². The Labute approximate surface area is 107 Å². The van der Waals surface area contributed by atoms with E-state index >= 15 is 0 Å². The number of hydrogen-bond donors (Lipinski definition) is 1. The van der Waals surface area contributed by atoms with Crippen LogP contribution in [0.15, 0.2) is 24.7 Å². The summed E-state index contributed by atoms with van der Waals surface area (Å²) >= 11 is 0. The molecule has 2 aromatic heterocycles. The summed E-state index contributed by atoms with van der Waals surface area (Å²) in [4.78, 5) is 0. The van der Waals surface area contributed by atoms with E-state index < -0.39 is 0 Å². The van der Waals surface area contributed by atoms with Gasteiger partial charge in [-0.15, -0.1) is 5.10 Å². The van der Waals surface area contributed by atoms with Gasteiger partial charge in [-0.1, -0.05) is 12.1 Å². The van der Waals surface area contributed by atoms with Gasteiger partial charge in [0.25, 0.3) is 0 Å². The molecule has 2 rings (SSSR count). The minimum Gasteiger partial charge on any atom is -0.311 e. The van der Waals surface area contributed by atoms with Crippen molar-refractivity contribution in [2.24, 2.45) is 0 Å². The molecule has 2 heterocycles. The fraction of sp³-hybridized carbons (Fsp3) is 0.583. The van der Waals surface area contributed by atoms with Crippen molar-refractivity contribution in [3.8, 4) is 0 Å². The summed E-state index contributed by atoms with van der Waals surface area (Å²) in [6, 6.07) is 2.07. The average Bonchev–Trinajstić information content (AvgIpc) is 3.01. The average molecular weight is 248 g/mol. The Hall–Kier alpha value is -1.69. The van der Waals surface area contributed by atoms with E-state index in [2.05, 4.69) is 38.4 Å². The van der Waals surface area contributed by atoms with E-state index in [1.807, 2.05) is 17.1 Å². The van der Waals surface area contributed by atoms with Gasteiger partial charge in [0.1, 0.15) is 0 Å². The van der Waals surface area contributed by atoms with Gasteiger partial charge in [-0.25, -0.2) is 0 Å². The van der Waals surface area contributed by atoms with Crippen LogP contribution in [0.25, 0.3) is 0 Å². The molecule has 0 aliphatic heterocycles. The SMILES string of the molecule is CCCn1nccc1CNCCCn1ccnn1. The van der Waals surface area contributed by atoms with Gasteiger partial charge < -0.3 is 5.32 Å². The monoisotopic (exact) mass is 248 g/mol. The predicted molar refractivity (Wildman–Crippen MR) is 68.9 cm³/mol. The zero-order chi connectivity index (χ0) is 12.6. The highest BCUT2D eigenvalue weighted by Gasteiger charge is 2.00. The van der Waals surface area contributed by atoms with Gasteiger partial charge in [-0.3, -0.25) is 9.36 Å². The van der Waals surface area contributed by atoms with Crippen LogP contribution in [0.2, 0.25) is 0 Å². The summed E-state index contributed by atoms with van der Waals surface area (Å²) in [7, 11) is 0. The third kappa shape index (κ3) is 3.66. The van der Waals surface area contributed by atoms with Crippen molar-refractivity contribution in [1.82, 2.24) is 30.1 Å². The maximum absolute atomic E-state index is 4.30. The van der Waals surface area contributed by atoms with Crippen LogP contribution in [-0.2, 0) is 19.6 Å². The molecule has 18 heavy (non-hydrogen) atoms. The first-order chi connectivity index (χ1) is 8.90. The van der Waals surface area contributed by atoms with Crippen LogP contribution < -0.4 is 5.32 Å². The van der Waals surface area contributed by atoms with Crippen molar-refractivity contribution in [2.75, 3.05) is 6.54 Å². The quantitative estimate of drug-likeness (QED) is 0.710. The second-order valence-electron chi connectivity index (χ2n) is 4.24. The zero-order valence-electron chi connectivity index (χ0n) is 10.8. The summed E-state index contributed by atoms with van der Waals surface area (Å²) < 4.78 is 3.91. The molecule has 0 aliphatic carbocycles. The maximum atomic E-state index is 4.30. The van der Waals surface area contributed by atoms with Crippen molar-refractivity contribution in [3.63, 3.8) is 0 Å². The standard InChI is InChI=1S/C12H20N6/c1-2-8-18-12(4-6-15-18)11-13-5-3-9-17-10-7-14-16-17/h4,6-7,10,13H,2-3,5,8-9,11H2,1H3. The predicted octanol–water partition coefficient (Wildman–Crippen LogP) is 1.06. The van der Waals surface area contributed by atoms with Crippen LogP contribution in [0, 0.1) is 0 Å². The topological polar surface area (TPSA) is 60.6 Å². The lowest BCUT2D eigenvalue weighted by atomic mass is 10.3. The Kier molecular flexibility index (Phi) is 4.89. The highest BCUT2D eigenvalue weighted by atomic mass is 15.4. The third-order valence-corrected chi connectivity index (χ3v) is 2.76. The van der Waals surface area contributed by atoms with E-state index in [1.165, 1.54) is 5.69 Å². The summed E-state index contributed by atoms with van der Waals surface area (Å²) in [5.74, 6) is 0. The third-order valence-electron chi connectivity index (χ3n) is 2.76. The van der Waals surface area contributed by atoms with E-state index in [0.29, 0.717) is 0 Å². The summed E-state index contributed by atoms with van der Waals surface area (Å²) in [6.07, 6.45) is 7.61. The normalized spacial score (nSPS) is 10.9. The van der Waals surface area contributed by atoms with Gasteiger partial charge in [0.2, 0.25) is 0 Å². The number of nitrogens with zero attached hydrogens (tertiary/aromatic N) is 5. The zero-order valence-corrected chi connectivity index (χ0v) is 10.8. The maximum Gasteiger partial charge on any atom is 0.0692 e. The smallest absolute Gasteiger partial charge is 0.0692 e. The van der Waals surface area contributed by atoms with Crippen molar-refractivity contribution < 1.29 is 0 Å². The first kappa shape index (κ1) is 12.8. The van der Waals surface area contributed by atoms with E-state index in [1.54, 1.807) is 6.20 Å². The molecule has 0 amide bonds. The lowest BCUT2D eigenvalue weighted by molar-refractivity contribution is 0.512. The lowest BCUT2D eigenvalue weighted by Crippen LogP contribution is -2.19. The number of aryl methyl sites for hydroxylation is 2. The molecule has 0 fully saturated rings. The Morgan fingerprint density at radius 2 is 2.22 bits per heavy atom. The van der Waals surface area contributed by atoms with Crippen LogP contribution in [0.4, 0.5) is 0 Å². The molecule has 0 unspecified atom stereocenters. The summed E-state index contributed by atoms with van der Waals surface area (Å²) in [6.45, 7) is 5.90. The molecule has 0 saturated carbocycles. The number of hydrogen-bond acceptors (Lipinski definition) is 4. The van der Waals surface area contributed by atoms with Crippen molar-refractivity contribution >= 4 is 0 Å². The molecule has 2 aromatic rings. The summed E-state index contributed by atoms with van der Waals surface area (Å²) in [5, 5.41) is 15.4. The van der Waals surface area contributed by atoms with E-state index in [9.17, 15) is 0 Å². The van der Waals surface area contributed by atoms with Crippen LogP contribution in [0.3, 0.4) is 0 Å². The van der Waals surface area contributed by atoms with E-state index in [0.717, 1.165) is 39.0 Å².